The molecule has 1 aliphatic carbocycles. The Hall–Kier alpha value is -1.17. The summed E-state index contributed by atoms with van der Waals surface area (Å²) >= 11 is 0. The monoisotopic (exact) mass is 317 g/mol. The molecule has 0 aromatic heterocycles. The average Bonchev–Trinajstić information content (AvgIpc) is 2.36. The number of nitriles is 1. The maximum atomic E-state index is 11.8. The Morgan fingerprint density at radius 1 is 1.43 bits per heavy atom. The second-order valence-corrected chi connectivity index (χ2v) is 7.20. The molecule has 0 aromatic carbocycles. The average molecular weight is 317 g/mol. The fourth-order valence-corrected chi connectivity index (χ4v) is 3.87. The molecule has 1 fully saturated rings. The maximum absolute atomic E-state index is 11.8. The summed E-state index contributed by atoms with van der Waals surface area (Å²) in [6.45, 7) is 2.54. The van der Waals surface area contributed by atoms with Gasteiger partial charge in [0.1, 0.15) is 0 Å². The van der Waals surface area contributed by atoms with E-state index in [1.807, 2.05) is 17.9 Å². The smallest absolute Gasteiger partial charge is 0.317 e. The lowest BCUT2D eigenvalue weighted by atomic mass is 9.86. The van der Waals surface area contributed by atoms with Crippen molar-refractivity contribution in [1.29, 1.82) is 5.26 Å². The molecule has 0 unspecified atom stereocenters. The molecule has 0 heterocycles. The lowest BCUT2D eigenvalue weighted by Gasteiger charge is -2.42. The number of likely N-dealkylation sites (N-methyl/N-ethyl adjacent to an activating group) is 1. The number of carboxylic acid groups (broad SMARTS) is 1. The number of carboxylic acids is 1. The number of nitrogens with zero attached hydrogens (tertiary/aromatic N) is 2. The molecule has 0 atom stereocenters. The van der Waals surface area contributed by atoms with Gasteiger partial charge in [0, 0.05) is 18.5 Å². The summed E-state index contributed by atoms with van der Waals surface area (Å²) in [5.41, 5.74) is 0. The van der Waals surface area contributed by atoms with E-state index in [0.29, 0.717) is 38.6 Å². The molecule has 7 nitrogen and oxygen atoms in total. The summed E-state index contributed by atoms with van der Waals surface area (Å²) in [5.74, 6) is -0.819. The first-order chi connectivity index (χ1) is 9.88. The number of hydrogen-bond acceptors (Lipinski definition) is 5. The summed E-state index contributed by atoms with van der Waals surface area (Å²) in [6.07, 6.45) is 2.75. The molecule has 0 radical (unpaired) electrons. The van der Waals surface area contributed by atoms with E-state index in [4.69, 9.17) is 10.4 Å². The van der Waals surface area contributed by atoms with E-state index in [0.717, 1.165) is 0 Å². The third-order valence-electron chi connectivity index (χ3n) is 3.67. The van der Waals surface area contributed by atoms with Crippen LogP contribution >= 0.6 is 0 Å². The predicted octanol–water partition coefficient (Wildman–Crippen LogP) is 0.537. The van der Waals surface area contributed by atoms with Crippen molar-refractivity contribution >= 4 is 16.0 Å². The van der Waals surface area contributed by atoms with Crippen LogP contribution in [0.5, 0.6) is 0 Å². The molecule has 0 aliphatic heterocycles. The summed E-state index contributed by atoms with van der Waals surface area (Å²) in [4.78, 5) is 12.6. The quantitative estimate of drug-likeness (QED) is 0.569. The van der Waals surface area contributed by atoms with Crippen molar-refractivity contribution in [3.8, 4) is 6.07 Å². The number of nitrogens with one attached hydrogen (secondary N) is 1. The Morgan fingerprint density at radius 2 is 2.10 bits per heavy atom. The van der Waals surface area contributed by atoms with E-state index in [1.165, 1.54) is 0 Å². The normalized spacial score (nSPS) is 21.8. The van der Waals surface area contributed by atoms with E-state index in [1.54, 1.807) is 0 Å². The molecular weight excluding hydrogens is 294 g/mol. The minimum absolute atomic E-state index is 0.00516. The Bertz CT molecular complexity index is 480. The Balaban J connectivity index is 2.30. The highest BCUT2D eigenvalue weighted by Gasteiger charge is 2.35. The van der Waals surface area contributed by atoms with E-state index in [2.05, 4.69) is 4.72 Å². The van der Waals surface area contributed by atoms with Crippen LogP contribution in [0.4, 0.5) is 0 Å². The highest BCUT2D eigenvalue weighted by atomic mass is 32.2. The Labute approximate surface area is 126 Å². The molecule has 0 bridgehead atoms. The van der Waals surface area contributed by atoms with Gasteiger partial charge in [-0.3, -0.25) is 9.69 Å². The minimum atomic E-state index is -3.30. The fourth-order valence-electron chi connectivity index (χ4n) is 2.46. The van der Waals surface area contributed by atoms with Crippen molar-refractivity contribution in [3.05, 3.63) is 0 Å². The van der Waals surface area contributed by atoms with Crippen LogP contribution < -0.4 is 4.72 Å². The summed E-state index contributed by atoms with van der Waals surface area (Å²) in [6, 6.07) is 2.03. The molecular formula is C13H23N3O4S. The van der Waals surface area contributed by atoms with Gasteiger partial charge in [0.15, 0.2) is 0 Å². The highest BCUT2D eigenvalue weighted by Crippen LogP contribution is 2.26. The number of carbonyl (C=O) groups is 1. The van der Waals surface area contributed by atoms with Crippen LogP contribution in [0.1, 0.15) is 39.0 Å². The molecule has 120 valence electrons. The van der Waals surface area contributed by atoms with Crippen molar-refractivity contribution < 1.29 is 18.3 Å². The second-order valence-electron chi connectivity index (χ2n) is 5.33. The zero-order valence-electron chi connectivity index (χ0n) is 12.3. The molecule has 0 saturated heterocycles. The van der Waals surface area contributed by atoms with Crippen LogP contribution in [0.2, 0.25) is 0 Å². The van der Waals surface area contributed by atoms with Gasteiger partial charge < -0.3 is 5.11 Å². The highest BCUT2D eigenvalue weighted by molar-refractivity contribution is 7.89. The van der Waals surface area contributed by atoms with E-state index < -0.39 is 16.0 Å². The molecule has 2 N–H and O–H groups in total. The third-order valence-corrected chi connectivity index (χ3v) is 5.19. The minimum Gasteiger partial charge on any atom is -0.480 e. The number of sulfonamides is 1. The van der Waals surface area contributed by atoms with Gasteiger partial charge in [-0.1, -0.05) is 6.92 Å². The molecule has 0 spiro atoms. The first-order valence-corrected chi connectivity index (χ1v) is 8.86. The molecule has 1 aliphatic rings. The lowest BCUT2D eigenvalue weighted by molar-refractivity contribution is -0.139. The fraction of sp³-hybridized carbons (Fsp3) is 0.846. The predicted molar refractivity (Wildman–Crippen MR) is 78.1 cm³/mol. The van der Waals surface area contributed by atoms with Crippen molar-refractivity contribution in [1.82, 2.24) is 9.62 Å². The largest absolute Gasteiger partial charge is 0.480 e. The maximum Gasteiger partial charge on any atom is 0.317 e. The number of unbranched alkanes of at least 4 members (excludes halogenated alkanes) is 2. The Kier molecular flexibility index (Phi) is 7.08. The summed E-state index contributed by atoms with van der Waals surface area (Å²) in [7, 11) is -3.30. The molecule has 0 aromatic rings. The van der Waals surface area contributed by atoms with Crippen molar-refractivity contribution in [3.63, 3.8) is 0 Å². The van der Waals surface area contributed by atoms with Crippen LogP contribution in [0.3, 0.4) is 0 Å². The Morgan fingerprint density at radius 3 is 2.62 bits per heavy atom. The van der Waals surface area contributed by atoms with Gasteiger partial charge in [-0.2, -0.15) is 5.26 Å². The van der Waals surface area contributed by atoms with Crippen LogP contribution in [-0.2, 0) is 14.8 Å². The van der Waals surface area contributed by atoms with E-state index in [-0.39, 0.29) is 24.4 Å². The molecule has 1 saturated carbocycles. The van der Waals surface area contributed by atoms with Crippen LogP contribution in [-0.4, -0.2) is 55.3 Å². The van der Waals surface area contributed by atoms with Crippen LogP contribution in [0.25, 0.3) is 0 Å². The summed E-state index contributed by atoms with van der Waals surface area (Å²) in [5, 5.41) is 17.2. The number of hydrogen-bond donors (Lipinski definition) is 2. The van der Waals surface area contributed by atoms with Crippen LogP contribution in [0, 0.1) is 11.3 Å². The van der Waals surface area contributed by atoms with Crippen molar-refractivity contribution in [2.45, 2.75) is 51.1 Å². The first-order valence-electron chi connectivity index (χ1n) is 7.20. The zero-order chi connectivity index (χ0) is 15.9. The van der Waals surface area contributed by atoms with Gasteiger partial charge in [-0.15, -0.1) is 0 Å². The topological polar surface area (TPSA) is 110 Å². The number of rotatable bonds is 10. The number of aliphatic carboxylic acids is 1. The second kappa shape index (κ2) is 8.32. The van der Waals surface area contributed by atoms with Gasteiger partial charge in [-0.25, -0.2) is 13.1 Å². The lowest BCUT2D eigenvalue weighted by Crippen LogP contribution is -2.55. The van der Waals surface area contributed by atoms with Crippen LogP contribution in [0.15, 0.2) is 0 Å². The SMILES string of the molecule is CCN(CC(=O)O)C1CC(NS(=O)(=O)CCCCC#N)C1. The molecule has 0 amide bonds. The van der Waals surface area contributed by atoms with Gasteiger partial charge in [-0.05, 0) is 32.2 Å². The summed E-state index contributed by atoms with van der Waals surface area (Å²) < 4.78 is 26.3. The zero-order valence-corrected chi connectivity index (χ0v) is 13.1. The first kappa shape index (κ1) is 17.9. The molecule has 1 rings (SSSR count). The molecule has 21 heavy (non-hydrogen) atoms. The third kappa shape index (κ3) is 6.42. The van der Waals surface area contributed by atoms with Gasteiger partial charge in [0.2, 0.25) is 10.0 Å². The van der Waals surface area contributed by atoms with Gasteiger partial charge in [0.05, 0.1) is 18.4 Å². The standard InChI is InChI=1S/C13H23N3O4S/c1-2-16(10-13(17)18)12-8-11(9-12)15-21(19,20)7-5-3-4-6-14/h11-12,15H,2-5,7-10H2,1H3,(H,17,18). The van der Waals surface area contributed by atoms with Crippen molar-refractivity contribution in [2.75, 3.05) is 18.8 Å². The molecule has 8 heteroatoms. The van der Waals surface area contributed by atoms with Gasteiger partial charge in [0.25, 0.3) is 0 Å². The van der Waals surface area contributed by atoms with Crippen molar-refractivity contribution in [2.24, 2.45) is 0 Å². The van der Waals surface area contributed by atoms with Gasteiger partial charge >= 0.3 is 5.97 Å². The van der Waals surface area contributed by atoms with E-state index in [9.17, 15) is 13.2 Å². The van der Waals surface area contributed by atoms with E-state index >= 15 is 0 Å².